The smallest absolute Gasteiger partial charge is 0.220 e. The van der Waals surface area contributed by atoms with Crippen LogP contribution in [-0.4, -0.2) is 36.4 Å². The number of amides is 1. The zero-order valence-corrected chi connectivity index (χ0v) is 20.3. The summed E-state index contributed by atoms with van der Waals surface area (Å²) >= 11 is 1.70. The average molecular weight is 471 g/mol. The van der Waals surface area contributed by atoms with Crippen LogP contribution in [0.15, 0.2) is 65.8 Å². The van der Waals surface area contributed by atoms with Crippen molar-refractivity contribution in [1.29, 1.82) is 0 Å². The van der Waals surface area contributed by atoms with Crippen LogP contribution in [0.2, 0.25) is 0 Å². The monoisotopic (exact) mass is 470 g/mol. The van der Waals surface area contributed by atoms with Gasteiger partial charge in [-0.3, -0.25) is 9.20 Å². The van der Waals surface area contributed by atoms with Crippen LogP contribution < -0.4 is 5.32 Å². The zero-order valence-electron chi connectivity index (χ0n) is 19.4. The molecule has 0 atom stereocenters. The first-order valence-electron chi connectivity index (χ1n) is 11.2. The molecule has 0 aliphatic carbocycles. The third-order valence-electron chi connectivity index (χ3n) is 6.12. The SMILES string of the molecule is CSc1ccc(CNC(=O)CCc2nnc3c4cc(-c5ccc(C)c(C)c5)nn4ccn23)cc1. The minimum Gasteiger partial charge on any atom is -0.352 e. The zero-order chi connectivity index (χ0) is 23.7. The maximum atomic E-state index is 12.4. The van der Waals surface area contributed by atoms with Crippen molar-refractivity contribution in [3.05, 3.63) is 83.4 Å². The summed E-state index contributed by atoms with van der Waals surface area (Å²) in [6.07, 6.45) is 6.71. The fraction of sp³-hybridized carbons (Fsp3) is 0.231. The fourth-order valence-corrected chi connectivity index (χ4v) is 4.34. The number of aryl methyl sites for hydroxylation is 3. The Morgan fingerprint density at radius 1 is 1.00 bits per heavy atom. The molecule has 7 nitrogen and oxygen atoms in total. The van der Waals surface area contributed by atoms with E-state index in [9.17, 15) is 4.79 Å². The molecule has 34 heavy (non-hydrogen) atoms. The molecule has 1 N–H and O–H groups in total. The summed E-state index contributed by atoms with van der Waals surface area (Å²) in [6.45, 7) is 4.73. The maximum Gasteiger partial charge on any atom is 0.220 e. The van der Waals surface area contributed by atoms with E-state index in [1.165, 1.54) is 16.0 Å². The molecule has 0 aliphatic heterocycles. The summed E-state index contributed by atoms with van der Waals surface area (Å²) in [5, 5.41) is 16.5. The van der Waals surface area contributed by atoms with Crippen molar-refractivity contribution in [2.75, 3.05) is 6.26 Å². The highest BCUT2D eigenvalue weighted by atomic mass is 32.2. The second-order valence-corrected chi connectivity index (χ2v) is 9.27. The van der Waals surface area contributed by atoms with Crippen LogP contribution in [0.5, 0.6) is 0 Å². The summed E-state index contributed by atoms with van der Waals surface area (Å²) in [5.41, 5.74) is 7.16. The molecule has 0 spiro atoms. The van der Waals surface area contributed by atoms with Crippen molar-refractivity contribution < 1.29 is 4.79 Å². The third kappa shape index (κ3) is 4.41. The van der Waals surface area contributed by atoms with Gasteiger partial charge in [0.15, 0.2) is 5.65 Å². The Labute approximate surface area is 202 Å². The predicted molar refractivity (Wildman–Crippen MR) is 135 cm³/mol. The number of carbonyl (C=O) groups excluding carboxylic acids is 1. The van der Waals surface area contributed by atoms with E-state index in [-0.39, 0.29) is 5.91 Å². The molecule has 5 aromatic rings. The van der Waals surface area contributed by atoms with Gasteiger partial charge in [-0.05, 0) is 61.1 Å². The summed E-state index contributed by atoms with van der Waals surface area (Å²) < 4.78 is 3.77. The van der Waals surface area contributed by atoms with Crippen molar-refractivity contribution in [2.24, 2.45) is 0 Å². The van der Waals surface area contributed by atoms with Crippen LogP contribution >= 0.6 is 11.8 Å². The first-order valence-corrected chi connectivity index (χ1v) is 12.4. The molecule has 3 aromatic heterocycles. The lowest BCUT2D eigenvalue weighted by Crippen LogP contribution is -2.23. The highest BCUT2D eigenvalue weighted by molar-refractivity contribution is 7.98. The summed E-state index contributed by atoms with van der Waals surface area (Å²) in [5.74, 6) is 0.749. The Kier molecular flexibility index (Phi) is 6.06. The van der Waals surface area contributed by atoms with Gasteiger partial charge >= 0.3 is 0 Å². The van der Waals surface area contributed by atoms with E-state index in [4.69, 9.17) is 5.10 Å². The van der Waals surface area contributed by atoms with Crippen molar-refractivity contribution in [3.63, 3.8) is 0 Å². The minimum atomic E-state index is -0.00634. The number of rotatable bonds is 7. The molecule has 0 aliphatic rings. The van der Waals surface area contributed by atoms with Crippen LogP contribution in [0.25, 0.3) is 22.4 Å². The second-order valence-electron chi connectivity index (χ2n) is 8.39. The number of nitrogens with one attached hydrogen (secondary N) is 1. The molecule has 5 rings (SSSR count). The van der Waals surface area contributed by atoms with Crippen LogP contribution in [0.4, 0.5) is 0 Å². The number of nitrogens with zero attached hydrogens (tertiary/aromatic N) is 5. The van der Waals surface area contributed by atoms with Gasteiger partial charge in [0.2, 0.25) is 5.91 Å². The number of benzene rings is 2. The highest BCUT2D eigenvalue weighted by Gasteiger charge is 2.14. The topological polar surface area (TPSA) is 76.6 Å². The van der Waals surface area contributed by atoms with E-state index < -0.39 is 0 Å². The lowest BCUT2D eigenvalue weighted by atomic mass is 10.0. The van der Waals surface area contributed by atoms with E-state index in [1.807, 2.05) is 45.8 Å². The van der Waals surface area contributed by atoms with E-state index in [0.29, 0.717) is 19.4 Å². The molecular weight excluding hydrogens is 444 g/mol. The molecule has 0 fully saturated rings. The van der Waals surface area contributed by atoms with Crippen LogP contribution in [0, 0.1) is 13.8 Å². The number of fused-ring (bicyclic) bond motifs is 3. The van der Waals surface area contributed by atoms with Gasteiger partial charge in [0.25, 0.3) is 0 Å². The van der Waals surface area contributed by atoms with Crippen LogP contribution in [0.3, 0.4) is 0 Å². The summed E-state index contributed by atoms with van der Waals surface area (Å²) in [4.78, 5) is 13.6. The second kappa shape index (κ2) is 9.30. The van der Waals surface area contributed by atoms with E-state index in [1.54, 1.807) is 11.8 Å². The number of hydrogen-bond donors (Lipinski definition) is 1. The van der Waals surface area contributed by atoms with Crippen molar-refractivity contribution in [3.8, 4) is 11.3 Å². The Morgan fingerprint density at radius 2 is 1.82 bits per heavy atom. The van der Waals surface area contributed by atoms with Crippen molar-refractivity contribution >= 4 is 28.8 Å². The van der Waals surface area contributed by atoms with Gasteiger partial charge in [0.05, 0.1) is 5.69 Å². The quantitative estimate of drug-likeness (QED) is 0.351. The largest absolute Gasteiger partial charge is 0.352 e. The van der Waals surface area contributed by atoms with E-state index >= 15 is 0 Å². The third-order valence-corrected chi connectivity index (χ3v) is 6.86. The number of carbonyl (C=O) groups is 1. The van der Waals surface area contributed by atoms with Crippen molar-refractivity contribution in [2.45, 2.75) is 38.1 Å². The van der Waals surface area contributed by atoms with Gasteiger partial charge in [-0.15, -0.1) is 22.0 Å². The van der Waals surface area contributed by atoms with Crippen LogP contribution in [-0.2, 0) is 17.8 Å². The molecule has 2 aromatic carbocycles. The van der Waals surface area contributed by atoms with Crippen molar-refractivity contribution in [1.82, 2.24) is 29.5 Å². The van der Waals surface area contributed by atoms with Gasteiger partial charge in [0, 0.05) is 42.2 Å². The normalized spacial score (nSPS) is 11.4. The van der Waals surface area contributed by atoms with Gasteiger partial charge in [-0.1, -0.05) is 24.3 Å². The molecule has 172 valence electrons. The van der Waals surface area contributed by atoms with Gasteiger partial charge in [-0.25, -0.2) is 4.52 Å². The standard InChI is InChI=1S/C26H26N6OS/c1-17-4-7-20(14-18(17)2)22-15-23-26-29-28-24(31(26)12-13-32(23)30-22)10-11-25(33)27-16-19-5-8-21(34-3)9-6-19/h4-9,12-15H,10-11,16H2,1-3H3,(H,27,33). The first-order chi connectivity index (χ1) is 16.5. The van der Waals surface area contributed by atoms with Gasteiger partial charge in [0.1, 0.15) is 11.3 Å². The maximum absolute atomic E-state index is 12.4. The average Bonchev–Trinajstić information content (AvgIpc) is 3.47. The molecule has 8 heteroatoms. The highest BCUT2D eigenvalue weighted by Crippen LogP contribution is 2.24. The fourth-order valence-electron chi connectivity index (χ4n) is 3.93. The van der Waals surface area contributed by atoms with E-state index in [0.717, 1.165) is 33.8 Å². The van der Waals surface area contributed by atoms with Gasteiger partial charge in [-0.2, -0.15) is 5.10 Å². The van der Waals surface area contributed by atoms with Gasteiger partial charge < -0.3 is 5.32 Å². The number of aromatic nitrogens is 5. The molecule has 1 amide bonds. The number of thioether (sulfide) groups is 1. The molecule has 0 bridgehead atoms. The Balaban J connectivity index is 1.29. The van der Waals surface area contributed by atoms with E-state index in [2.05, 4.69) is 59.7 Å². The molecule has 0 unspecified atom stereocenters. The van der Waals surface area contributed by atoms with Crippen LogP contribution in [0.1, 0.15) is 28.9 Å². The molecule has 0 saturated carbocycles. The molecule has 3 heterocycles. The first kappa shape index (κ1) is 22.2. The predicted octanol–water partition coefficient (Wildman–Crippen LogP) is 4.63. The minimum absolute atomic E-state index is 0.00634. The molecule has 0 radical (unpaired) electrons. The Hall–Kier alpha value is -3.65. The lowest BCUT2D eigenvalue weighted by Gasteiger charge is -2.06. The lowest BCUT2D eigenvalue weighted by molar-refractivity contribution is -0.121. The summed E-state index contributed by atoms with van der Waals surface area (Å²) in [7, 11) is 0. The molecule has 0 saturated heterocycles. The Morgan fingerprint density at radius 3 is 2.59 bits per heavy atom. The Bertz CT molecular complexity index is 1490. The number of hydrogen-bond acceptors (Lipinski definition) is 5. The molecular formula is C26H26N6OS. The summed E-state index contributed by atoms with van der Waals surface area (Å²) in [6, 6.07) is 16.6.